The molecule has 0 saturated heterocycles. The number of hydrogen-bond acceptors (Lipinski definition) is 2. The third-order valence-electron chi connectivity index (χ3n) is 3.06. The van der Waals surface area contributed by atoms with E-state index in [4.69, 9.17) is 0 Å². The van der Waals surface area contributed by atoms with Crippen LogP contribution in [0.15, 0.2) is 42.7 Å². The highest BCUT2D eigenvalue weighted by atomic mass is 15.2. The summed E-state index contributed by atoms with van der Waals surface area (Å²) in [6, 6.07) is 10.3. The number of rotatable bonds is 1. The molecule has 0 saturated carbocycles. The van der Waals surface area contributed by atoms with Crippen LogP contribution in [0.3, 0.4) is 0 Å². The first-order valence-electron chi connectivity index (χ1n) is 5.60. The van der Waals surface area contributed by atoms with Crippen LogP contribution in [0, 0.1) is 6.92 Å². The second kappa shape index (κ2) is 3.70. The van der Waals surface area contributed by atoms with Gasteiger partial charge < -0.3 is 0 Å². The topological polar surface area (TPSA) is 30.7 Å². The van der Waals surface area contributed by atoms with Gasteiger partial charge in [-0.3, -0.25) is 9.67 Å². The van der Waals surface area contributed by atoms with Gasteiger partial charge in [-0.15, -0.1) is 0 Å². The lowest BCUT2D eigenvalue weighted by Crippen LogP contribution is -1.92. The van der Waals surface area contributed by atoms with Gasteiger partial charge in [-0.25, -0.2) is 0 Å². The highest BCUT2D eigenvalue weighted by molar-refractivity contribution is 5.95. The number of nitrogens with zero attached hydrogens (tertiary/aromatic N) is 3. The first-order valence-corrected chi connectivity index (χ1v) is 5.60. The van der Waals surface area contributed by atoms with Crippen LogP contribution >= 0.6 is 0 Å². The molecule has 0 N–H and O–H groups in total. The summed E-state index contributed by atoms with van der Waals surface area (Å²) >= 11 is 0. The van der Waals surface area contributed by atoms with Gasteiger partial charge in [0.1, 0.15) is 0 Å². The minimum atomic E-state index is 1.04. The zero-order chi connectivity index (χ0) is 11.8. The monoisotopic (exact) mass is 223 g/mol. The Hall–Kier alpha value is -2.16. The van der Waals surface area contributed by atoms with Gasteiger partial charge in [0.05, 0.1) is 17.9 Å². The molecular formula is C14H13N3. The van der Waals surface area contributed by atoms with Crippen LogP contribution in [-0.4, -0.2) is 14.8 Å². The highest BCUT2D eigenvalue weighted by Crippen LogP contribution is 2.29. The summed E-state index contributed by atoms with van der Waals surface area (Å²) in [4.78, 5) is 4.46. The number of fused-ring (bicyclic) bond motifs is 1. The van der Waals surface area contributed by atoms with Crippen LogP contribution in [0.25, 0.3) is 22.0 Å². The molecule has 0 spiro atoms. The maximum atomic E-state index is 4.46. The van der Waals surface area contributed by atoms with Crippen LogP contribution < -0.4 is 0 Å². The van der Waals surface area contributed by atoms with Crippen molar-refractivity contribution in [2.45, 2.75) is 6.92 Å². The molecule has 0 aliphatic heterocycles. The van der Waals surface area contributed by atoms with Crippen molar-refractivity contribution < 1.29 is 0 Å². The third kappa shape index (κ3) is 1.51. The molecule has 0 aliphatic carbocycles. The van der Waals surface area contributed by atoms with E-state index in [1.807, 2.05) is 49.2 Å². The lowest BCUT2D eigenvalue weighted by molar-refractivity contribution is 0.795. The molecule has 1 aromatic carbocycles. The number of aryl methyl sites for hydroxylation is 2. The van der Waals surface area contributed by atoms with Crippen LogP contribution in [-0.2, 0) is 7.05 Å². The van der Waals surface area contributed by atoms with Gasteiger partial charge in [-0.2, -0.15) is 5.10 Å². The van der Waals surface area contributed by atoms with E-state index in [0.29, 0.717) is 0 Å². The lowest BCUT2D eigenvalue weighted by atomic mass is 10.0. The van der Waals surface area contributed by atoms with Gasteiger partial charge in [-0.05, 0) is 12.5 Å². The van der Waals surface area contributed by atoms with Gasteiger partial charge >= 0.3 is 0 Å². The van der Waals surface area contributed by atoms with Crippen molar-refractivity contribution in [1.82, 2.24) is 14.8 Å². The summed E-state index contributed by atoms with van der Waals surface area (Å²) in [5, 5.41) is 5.46. The van der Waals surface area contributed by atoms with E-state index in [2.05, 4.69) is 22.2 Å². The van der Waals surface area contributed by atoms with Crippen molar-refractivity contribution in [2.24, 2.45) is 7.05 Å². The van der Waals surface area contributed by atoms with Crippen LogP contribution in [0.1, 0.15) is 5.69 Å². The Morgan fingerprint density at radius 1 is 1.06 bits per heavy atom. The second-order valence-corrected chi connectivity index (χ2v) is 4.15. The van der Waals surface area contributed by atoms with Gasteiger partial charge in [0.25, 0.3) is 0 Å². The van der Waals surface area contributed by atoms with E-state index < -0.39 is 0 Å². The summed E-state index contributed by atoms with van der Waals surface area (Å²) < 4.78 is 1.86. The average Bonchev–Trinajstić information content (AvgIpc) is 2.72. The fourth-order valence-electron chi connectivity index (χ4n) is 2.18. The summed E-state index contributed by atoms with van der Waals surface area (Å²) in [6.07, 6.45) is 3.79. The SMILES string of the molecule is Cc1ncc2c(cnn2C)c1-c1ccccc1. The third-order valence-corrected chi connectivity index (χ3v) is 3.06. The molecule has 2 aromatic heterocycles. The van der Waals surface area contributed by atoms with E-state index in [-0.39, 0.29) is 0 Å². The Morgan fingerprint density at radius 3 is 2.59 bits per heavy atom. The molecule has 0 radical (unpaired) electrons. The number of aromatic nitrogens is 3. The molecule has 0 fully saturated rings. The van der Waals surface area contributed by atoms with E-state index >= 15 is 0 Å². The van der Waals surface area contributed by atoms with E-state index in [9.17, 15) is 0 Å². The van der Waals surface area contributed by atoms with Crippen molar-refractivity contribution in [3.05, 3.63) is 48.4 Å². The largest absolute Gasteiger partial charge is 0.266 e. The molecular weight excluding hydrogens is 210 g/mol. The van der Waals surface area contributed by atoms with Crippen LogP contribution in [0.5, 0.6) is 0 Å². The Bertz CT molecular complexity index is 669. The molecule has 0 amide bonds. The van der Waals surface area contributed by atoms with Crippen LogP contribution in [0.4, 0.5) is 0 Å². The predicted molar refractivity (Wildman–Crippen MR) is 68.7 cm³/mol. The Labute approximate surface area is 99.7 Å². The maximum Gasteiger partial charge on any atom is 0.0868 e. The Kier molecular flexibility index (Phi) is 2.18. The molecule has 3 heteroatoms. The molecule has 3 rings (SSSR count). The molecule has 3 aromatic rings. The van der Waals surface area contributed by atoms with E-state index in [1.165, 1.54) is 11.1 Å². The normalized spacial score (nSPS) is 10.9. The zero-order valence-electron chi connectivity index (χ0n) is 9.88. The number of pyridine rings is 1. The molecule has 0 bridgehead atoms. The standard InChI is InChI=1S/C14H13N3/c1-10-14(11-6-4-3-5-7-11)12-8-16-17(2)13(12)9-15-10/h3-9H,1-2H3. The maximum absolute atomic E-state index is 4.46. The van der Waals surface area contributed by atoms with Gasteiger partial charge in [-0.1, -0.05) is 30.3 Å². The quantitative estimate of drug-likeness (QED) is 0.635. The molecule has 17 heavy (non-hydrogen) atoms. The van der Waals surface area contributed by atoms with Crippen molar-refractivity contribution in [3.8, 4) is 11.1 Å². The fraction of sp³-hybridized carbons (Fsp3) is 0.143. The summed E-state index contributed by atoms with van der Waals surface area (Å²) in [5.74, 6) is 0. The summed E-state index contributed by atoms with van der Waals surface area (Å²) in [7, 11) is 1.94. The van der Waals surface area contributed by atoms with Crippen molar-refractivity contribution in [2.75, 3.05) is 0 Å². The Balaban J connectivity index is 2.39. The second-order valence-electron chi connectivity index (χ2n) is 4.15. The molecule has 0 aliphatic rings. The van der Waals surface area contributed by atoms with Crippen molar-refractivity contribution in [1.29, 1.82) is 0 Å². The van der Waals surface area contributed by atoms with Crippen molar-refractivity contribution >= 4 is 10.9 Å². The van der Waals surface area contributed by atoms with Gasteiger partial charge in [0.2, 0.25) is 0 Å². The summed E-state index contributed by atoms with van der Waals surface area (Å²) in [5.41, 5.74) is 4.47. The number of benzene rings is 1. The Morgan fingerprint density at radius 2 is 1.82 bits per heavy atom. The van der Waals surface area contributed by atoms with Gasteiger partial charge in [0, 0.05) is 23.7 Å². The minimum Gasteiger partial charge on any atom is -0.266 e. The highest BCUT2D eigenvalue weighted by Gasteiger charge is 2.10. The zero-order valence-corrected chi connectivity index (χ0v) is 9.88. The molecule has 3 nitrogen and oxygen atoms in total. The minimum absolute atomic E-state index is 1.04. The smallest absolute Gasteiger partial charge is 0.0868 e. The number of hydrogen-bond donors (Lipinski definition) is 0. The predicted octanol–water partition coefficient (Wildman–Crippen LogP) is 2.94. The van der Waals surface area contributed by atoms with Crippen molar-refractivity contribution in [3.63, 3.8) is 0 Å². The fourth-order valence-corrected chi connectivity index (χ4v) is 2.18. The molecule has 84 valence electrons. The molecule has 0 unspecified atom stereocenters. The van der Waals surface area contributed by atoms with Crippen LogP contribution in [0.2, 0.25) is 0 Å². The molecule has 0 atom stereocenters. The average molecular weight is 223 g/mol. The molecule has 2 heterocycles. The summed E-state index contributed by atoms with van der Waals surface area (Å²) in [6.45, 7) is 2.04. The first kappa shape index (κ1) is 10.0. The van der Waals surface area contributed by atoms with E-state index in [1.54, 1.807) is 0 Å². The first-order chi connectivity index (χ1) is 8.27. The lowest BCUT2D eigenvalue weighted by Gasteiger charge is -2.06. The van der Waals surface area contributed by atoms with Gasteiger partial charge in [0.15, 0.2) is 0 Å². The van der Waals surface area contributed by atoms with E-state index in [0.717, 1.165) is 16.6 Å².